The highest BCUT2D eigenvalue weighted by molar-refractivity contribution is 6.00. The van der Waals surface area contributed by atoms with Gasteiger partial charge in [-0.25, -0.2) is 4.98 Å². The van der Waals surface area contributed by atoms with Crippen molar-refractivity contribution in [2.75, 3.05) is 6.61 Å². The zero-order valence-electron chi connectivity index (χ0n) is 8.96. The van der Waals surface area contributed by atoms with E-state index >= 15 is 0 Å². The molecule has 0 fully saturated rings. The van der Waals surface area contributed by atoms with Gasteiger partial charge in [0.15, 0.2) is 5.52 Å². The standard InChI is InChI=1S/C12H9N3O2/c16-14-7-9-12(8-3-1-2-4-10(8)14)15-11(13-9)5-6-17-15/h1-4,7H,5-6H2. The van der Waals surface area contributed by atoms with Crippen LogP contribution in [0.25, 0.3) is 21.9 Å². The molecule has 5 nitrogen and oxygen atoms in total. The van der Waals surface area contributed by atoms with Crippen LogP contribution in [-0.2, 0) is 6.42 Å². The first-order chi connectivity index (χ1) is 8.34. The van der Waals surface area contributed by atoms with Crippen molar-refractivity contribution in [2.24, 2.45) is 0 Å². The third-order valence-electron chi connectivity index (χ3n) is 3.11. The molecular formula is C12H9N3O2. The van der Waals surface area contributed by atoms with Gasteiger partial charge in [-0.05, 0) is 6.07 Å². The molecule has 0 aliphatic carbocycles. The Hall–Kier alpha value is -2.30. The van der Waals surface area contributed by atoms with Gasteiger partial charge in [0.1, 0.15) is 17.9 Å². The first kappa shape index (κ1) is 8.81. The summed E-state index contributed by atoms with van der Waals surface area (Å²) in [6, 6.07) is 7.49. The molecule has 0 saturated carbocycles. The molecule has 2 aromatic heterocycles. The van der Waals surface area contributed by atoms with Crippen molar-refractivity contribution in [3.05, 3.63) is 41.5 Å². The van der Waals surface area contributed by atoms with Crippen LogP contribution in [0.3, 0.4) is 0 Å². The first-order valence-electron chi connectivity index (χ1n) is 5.50. The molecule has 84 valence electrons. The largest absolute Gasteiger partial charge is 0.618 e. The summed E-state index contributed by atoms with van der Waals surface area (Å²) in [5.41, 5.74) is 2.21. The van der Waals surface area contributed by atoms with Crippen molar-refractivity contribution in [2.45, 2.75) is 6.42 Å². The second-order valence-corrected chi connectivity index (χ2v) is 4.11. The number of rotatable bonds is 0. The Bertz CT molecular complexity index is 748. The van der Waals surface area contributed by atoms with Crippen molar-refractivity contribution in [3.63, 3.8) is 0 Å². The maximum absolute atomic E-state index is 11.8. The number of hydrogen-bond acceptors (Lipinski definition) is 3. The second kappa shape index (κ2) is 2.88. The smallest absolute Gasteiger partial charge is 0.226 e. The fourth-order valence-corrected chi connectivity index (χ4v) is 2.38. The van der Waals surface area contributed by atoms with E-state index in [1.54, 1.807) is 10.8 Å². The molecule has 17 heavy (non-hydrogen) atoms. The Balaban J connectivity index is 2.28. The van der Waals surface area contributed by atoms with Crippen LogP contribution < -0.4 is 9.57 Å². The van der Waals surface area contributed by atoms with E-state index in [1.165, 1.54) is 6.20 Å². The average Bonchev–Trinajstić information content (AvgIpc) is 2.89. The van der Waals surface area contributed by atoms with E-state index in [-0.39, 0.29) is 0 Å². The van der Waals surface area contributed by atoms with E-state index in [4.69, 9.17) is 4.84 Å². The van der Waals surface area contributed by atoms with Crippen LogP contribution in [0.15, 0.2) is 30.5 Å². The van der Waals surface area contributed by atoms with Gasteiger partial charge in [0.2, 0.25) is 11.7 Å². The van der Waals surface area contributed by atoms with Crippen LogP contribution in [0, 0.1) is 5.21 Å². The lowest BCUT2D eigenvalue weighted by Crippen LogP contribution is -2.26. The fourth-order valence-electron chi connectivity index (χ4n) is 2.38. The zero-order valence-corrected chi connectivity index (χ0v) is 8.96. The number of imidazole rings is 1. The molecule has 1 aliphatic rings. The highest BCUT2D eigenvalue weighted by Crippen LogP contribution is 2.24. The summed E-state index contributed by atoms with van der Waals surface area (Å²) in [7, 11) is 0. The molecule has 1 aromatic carbocycles. The molecule has 0 saturated heterocycles. The van der Waals surface area contributed by atoms with Gasteiger partial charge in [0, 0.05) is 12.5 Å². The topological polar surface area (TPSA) is 54.0 Å². The molecule has 5 heteroatoms. The molecule has 0 radical (unpaired) electrons. The van der Waals surface area contributed by atoms with Gasteiger partial charge in [-0.3, -0.25) is 0 Å². The monoisotopic (exact) mass is 227 g/mol. The molecular weight excluding hydrogens is 218 g/mol. The third-order valence-corrected chi connectivity index (χ3v) is 3.11. The van der Waals surface area contributed by atoms with Gasteiger partial charge in [0.05, 0.1) is 5.39 Å². The van der Waals surface area contributed by atoms with Crippen molar-refractivity contribution in [3.8, 4) is 0 Å². The summed E-state index contributed by atoms with van der Waals surface area (Å²) < 4.78 is 2.61. The van der Waals surface area contributed by atoms with E-state index in [0.717, 1.165) is 27.9 Å². The minimum Gasteiger partial charge on any atom is -0.618 e. The number of aromatic nitrogens is 3. The van der Waals surface area contributed by atoms with Crippen molar-refractivity contribution >= 4 is 21.9 Å². The number of benzene rings is 1. The molecule has 3 heterocycles. The number of pyridine rings is 1. The van der Waals surface area contributed by atoms with Gasteiger partial charge < -0.3 is 10.0 Å². The first-order valence-corrected chi connectivity index (χ1v) is 5.50. The number of fused-ring (bicyclic) bond motifs is 5. The number of para-hydroxylation sites is 1. The lowest BCUT2D eigenvalue weighted by Gasteiger charge is -2.04. The van der Waals surface area contributed by atoms with Gasteiger partial charge in [-0.15, -0.1) is 0 Å². The average molecular weight is 227 g/mol. The molecule has 3 aromatic rings. The molecule has 4 rings (SSSR count). The Morgan fingerprint density at radius 2 is 2.24 bits per heavy atom. The van der Waals surface area contributed by atoms with Crippen LogP contribution in [0.4, 0.5) is 0 Å². The van der Waals surface area contributed by atoms with E-state index in [9.17, 15) is 5.21 Å². The number of nitrogens with zero attached hydrogens (tertiary/aromatic N) is 3. The van der Waals surface area contributed by atoms with Gasteiger partial charge in [-0.2, -0.15) is 9.46 Å². The quantitative estimate of drug-likeness (QED) is 0.422. The highest BCUT2D eigenvalue weighted by atomic mass is 16.7. The van der Waals surface area contributed by atoms with Crippen molar-refractivity contribution in [1.82, 2.24) is 9.71 Å². The van der Waals surface area contributed by atoms with E-state index in [2.05, 4.69) is 4.98 Å². The summed E-state index contributed by atoms with van der Waals surface area (Å²) >= 11 is 0. The van der Waals surface area contributed by atoms with Crippen molar-refractivity contribution < 1.29 is 9.57 Å². The zero-order chi connectivity index (χ0) is 11.4. The maximum atomic E-state index is 11.8. The summed E-state index contributed by atoms with van der Waals surface area (Å²) in [5.74, 6) is 0.886. The normalized spacial score (nSPS) is 14.1. The van der Waals surface area contributed by atoms with E-state index in [0.29, 0.717) is 17.6 Å². The van der Waals surface area contributed by atoms with Gasteiger partial charge in [-0.1, -0.05) is 12.1 Å². The van der Waals surface area contributed by atoms with Crippen LogP contribution >= 0.6 is 0 Å². The Kier molecular flexibility index (Phi) is 1.49. The van der Waals surface area contributed by atoms with Gasteiger partial charge >= 0.3 is 0 Å². The van der Waals surface area contributed by atoms with Crippen LogP contribution in [0.2, 0.25) is 0 Å². The Labute approximate surface area is 96.4 Å². The Morgan fingerprint density at radius 3 is 3.18 bits per heavy atom. The summed E-state index contributed by atoms with van der Waals surface area (Å²) in [6.07, 6.45) is 2.30. The second-order valence-electron chi connectivity index (χ2n) is 4.11. The SMILES string of the molecule is [O-][n+]1cc2nc3n(c2c2ccccc21)OCC3. The third kappa shape index (κ3) is 1.03. The predicted molar refractivity (Wildman–Crippen MR) is 61.4 cm³/mol. The molecule has 0 bridgehead atoms. The Morgan fingerprint density at radius 1 is 1.35 bits per heavy atom. The fraction of sp³-hybridized carbons (Fsp3) is 0.167. The van der Waals surface area contributed by atoms with Crippen LogP contribution in [-0.4, -0.2) is 16.3 Å². The minimum absolute atomic E-state index is 0.637. The van der Waals surface area contributed by atoms with Crippen LogP contribution in [0.5, 0.6) is 0 Å². The number of hydrogen-bond donors (Lipinski definition) is 0. The summed E-state index contributed by atoms with van der Waals surface area (Å²) in [6.45, 7) is 0.652. The maximum Gasteiger partial charge on any atom is 0.226 e. The molecule has 0 spiro atoms. The highest BCUT2D eigenvalue weighted by Gasteiger charge is 2.22. The predicted octanol–water partition coefficient (Wildman–Crippen LogP) is 0.808. The minimum atomic E-state index is 0.637. The summed E-state index contributed by atoms with van der Waals surface area (Å²) in [5, 5.41) is 12.7. The van der Waals surface area contributed by atoms with Crippen molar-refractivity contribution in [1.29, 1.82) is 0 Å². The lowest BCUT2D eigenvalue weighted by atomic mass is 10.2. The van der Waals surface area contributed by atoms with Gasteiger partial charge in [0.25, 0.3) is 0 Å². The van der Waals surface area contributed by atoms with E-state index < -0.39 is 0 Å². The molecule has 1 aliphatic heterocycles. The molecule has 0 amide bonds. The lowest BCUT2D eigenvalue weighted by molar-refractivity contribution is -0.575. The molecule has 0 atom stereocenters. The summed E-state index contributed by atoms with van der Waals surface area (Å²) in [4.78, 5) is 9.96. The van der Waals surface area contributed by atoms with Crippen LogP contribution in [0.1, 0.15) is 5.82 Å². The molecule has 0 unspecified atom stereocenters. The molecule has 0 N–H and O–H groups in total. The van der Waals surface area contributed by atoms with E-state index in [1.807, 2.05) is 18.2 Å².